The molecule has 0 atom stereocenters. The SMILES string of the molecule is O=C(NS(=O)(=O)c1cccc(F)c1)c1ccc(C(F)(F)F)cc1C(F)(F)F. The van der Waals surface area contributed by atoms with E-state index in [1.165, 1.54) is 4.72 Å². The van der Waals surface area contributed by atoms with Crippen molar-refractivity contribution in [3.05, 3.63) is 65.0 Å². The fourth-order valence-corrected chi connectivity index (χ4v) is 3.02. The molecular weight excluding hydrogens is 407 g/mol. The van der Waals surface area contributed by atoms with Gasteiger partial charge in [0, 0.05) is 0 Å². The molecule has 4 nitrogen and oxygen atoms in total. The minimum Gasteiger partial charge on any atom is -0.268 e. The van der Waals surface area contributed by atoms with Crippen molar-refractivity contribution in [2.24, 2.45) is 0 Å². The van der Waals surface area contributed by atoms with Gasteiger partial charge in [-0.05, 0) is 36.4 Å². The van der Waals surface area contributed by atoms with Gasteiger partial charge in [0.15, 0.2) is 0 Å². The average molecular weight is 415 g/mol. The number of carbonyl (C=O) groups is 1. The molecule has 0 bridgehead atoms. The molecule has 0 heterocycles. The Morgan fingerprint density at radius 2 is 1.52 bits per heavy atom. The van der Waals surface area contributed by atoms with Crippen molar-refractivity contribution in [3.63, 3.8) is 0 Å². The van der Waals surface area contributed by atoms with E-state index < -0.39 is 55.7 Å². The molecule has 0 saturated heterocycles. The first kappa shape index (κ1) is 20.7. The predicted octanol–water partition coefficient (Wildman–Crippen LogP) is 3.98. The molecule has 2 aromatic carbocycles. The number of nitrogens with one attached hydrogen (secondary N) is 1. The summed E-state index contributed by atoms with van der Waals surface area (Å²) in [7, 11) is -4.76. The molecule has 27 heavy (non-hydrogen) atoms. The molecule has 146 valence electrons. The number of sulfonamides is 1. The van der Waals surface area contributed by atoms with Gasteiger partial charge in [-0.1, -0.05) is 6.07 Å². The summed E-state index contributed by atoms with van der Waals surface area (Å²) in [5.74, 6) is -2.81. The van der Waals surface area contributed by atoms with E-state index in [9.17, 15) is 43.9 Å². The second kappa shape index (κ2) is 6.83. The number of hydrogen-bond donors (Lipinski definition) is 1. The van der Waals surface area contributed by atoms with Gasteiger partial charge in [0.05, 0.1) is 21.6 Å². The monoisotopic (exact) mass is 415 g/mol. The zero-order chi connectivity index (χ0) is 20.6. The largest absolute Gasteiger partial charge is 0.417 e. The summed E-state index contributed by atoms with van der Waals surface area (Å²) in [4.78, 5) is 11.2. The van der Waals surface area contributed by atoms with Crippen molar-refractivity contribution < 1.29 is 43.9 Å². The topological polar surface area (TPSA) is 63.2 Å². The first-order valence-corrected chi connectivity index (χ1v) is 8.31. The van der Waals surface area contributed by atoms with Crippen LogP contribution in [-0.2, 0) is 22.4 Å². The van der Waals surface area contributed by atoms with E-state index in [0.29, 0.717) is 6.07 Å². The van der Waals surface area contributed by atoms with Gasteiger partial charge >= 0.3 is 12.4 Å². The highest BCUT2D eigenvalue weighted by molar-refractivity contribution is 7.90. The third-order valence-corrected chi connectivity index (χ3v) is 4.56. The maximum absolute atomic E-state index is 13.1. The lowest BCUT2D eigenvalue weighted by atomic mass is 10.0. The van der Waals surface area contributed by atoms with Crippen LogP contribution in [0.4, 0.5) is 30.7 Å². The van der Waals surface area contributed by atoms with Crippen molar-refractivity contribution in [2.45, 2.75) is 17.2 Å². The third kappa shape index (κ3) is 4.76. The van der Waals surface area contributed by atoms with Gasteiger partial charge in [-0.3, -0.25) is 4.79 Å². The van der Waals surface area contributed by atoms with Crippen molar-refractivity contribution in [1.29, 1.82) is 0 Å². The van der Waals surface area contributed by atoms with Crippen LogP contribution in [-0.4, -0.2) is 14.3 Å². The van der Waals surface area contributed by atoms with Crippen LogP contribution in [0, 0.1) is 5.82 Å². The third-order valence-electron chi connectivity index (χ3n) is 3.23. The van der Waals surface area contributed by atoms with Gasteiger partial charge in [-0.25, -0.2) is 17.5 Å². The molecule has 0 fully saturated rings. The van der Waals surface area contributed by atoms with Crippen LogP contribution in [0.1, 0.15) is 21.5 Å². The molecule has 1 N–H and O–H groups in total. The van der Waals surface area contributed by atoms with Gasteiger partial charge in [0.2, 0.25) is 0 Å². The molecular formula is C15H8F7NO3S. The Kier molecular flexibility index (Phi) is 5.23. The summed E-state index contributed by atoms with van der Waals surface area (Å²) in [5, 5.41) is 0. The minimum atomic E-state index is -5.36. The van der Waals surface area contributed by atoms with E-state index >= 15 is 0 Å². The van der Waals surface area contributed by atoms with Crippen molar-refractivity contribution >= 4 is 15.9 Å². The minimum absolute atomic E-state index is 0.207. The molecule has 0 spiro atoms. The van der Waals surface area contributed by atoms with E-state index in [2.05, 4.69) is 0 Å². The Bertz CT molecular complexity index is 982. The molecule has 12 heteroatoms. The molecule has 0 saturated carbocycles. The maximum atomic E-state index is 13.1. The number of halogens is 7. The molecule has 2 aromatic rings. The predicted molar refractivity (Wildman–Crippen MR) is 77.5 cm³/mol. The number of amides is 1. The summed E-state index contributed by atoms with van der Waals surface area (Å²) in [5.41, 5.74) is -4.97. The van der Waals surface area contributed by atoms with Gasteiger partial charge in [-0.2, -0.15) is 26.3 Å². The van der Waals surface area contributed by atoms with Crippen LogP contribution in [0.25, 0.3) is 0 Å². The Morgan fingerprint density at radius 3 is 2.04 bits per heavy atom. The lowest BCUT2D eigenvalue weighted by molar-refractivity contribution is -0.143. The second-order valence-corrected chi connectivity index (χ2v) is 6.83. The first-order chi connectivity index (χ1) is 12.2. The zero-order valence-electron chi connectivity index (χ0n) is 12.8. The van der Waals surface area contributed by atoms with Crippen LogP contribution in [0.15, 0.2) is 47.4 Å². The van der Waals surface area contributed by atoms with Crippen molar-refractivity contribution in [2.75, 3.05) is 0 Å². The number of benzene rings is 2. The molecule has 0 aliphatic carbocycles. The van der Waals surface area contributed by atoms with Gasteiger partial charge in [0.25, 0.3) is 15.9 Å². The van der Waals surface area contributed by atoms with Crippen LogP contribution in [0.2, 0.25) is 0 Å². The van der Waals surface area contributed by atoms with Crippen LogP contribution >= 0.6 is 0 Å². The fourth-order valence-electron chi connectivity index (χ4n) is 2.02. The van der Waals surface area contributed by atoms with Crippen molar-refractivity contribution in [3.8, 4) is 0 Å². The zero-order valence-corrected chi connectivity index (χ0v) is 13.6. The van der Waals surface area contributed by atoms with Crippen LogP contribution in [0.5, 0.6) is 0 Å². The Balaban J connectivity index is 2.47. The Hall–Kier alpha value is -2.63. The molecule has 0 radical (unpaired) electrons. The highest BCUT2D eigenvalue weighted by Gasteiger charge is 2.40. The van der Waals surface area contributed by atoms with E-state index in [1.54, 1.807) is 0 Å². The number of carbonyl (C=O) groups excluding carboxylic acids is 1. The highest BCUT2D eigenvalue weighted by atomic mass is 32.2. The maximum Gasteiger partial charge on any atom is 0.417 e. The lowest BCUT2D eigenvalue weighted by Gasteiger charge is -2.16. The standard InChI is InChI=1S/C15H8F7NO3S/c16-9-2-1-3-10(7-9)27(25,26)23-13(24)11-5-4-8(14(17,18)19)6-12(11)15(20,21)22/h1-7H,(H,23,24). The smallest absolute Gasteiger partial charge is 0.268 e. The van der Waals surface area contributed by atoms with Gasteiger partial charge in [0.1, 0.15) is 5.82 Å². The van der Waals surface area contributed by atoms with E-state index in [4.69, 9.17) is 0 Å². The summed E-state index contributed by atoms with van der Waals surface area (Å²) in [6.07, 6.45) is -10.5. The molecule has 0 aliphatic heterocycles. The normalized spacial score (nSPS) is 12.7. The molecule has 1 amide bonds. The molecule has 2 rings (SSSR count). The molecule has 0 aromatic heterocycles. The second-order valence-electron chi connectivity index (χ2n) is 5.15. The summed E-state index contributed by atoms with van der Waals surface area (Å²) in [6.45, 7) is 0. The molecule has 0 unspecified atom stereocenters. The lowest BCUT2D eigenvalue weighted by Crippen LogP contribution is -2.32. The Labute approximate surface area is 147 Å². The Morgan fingerprint density at radius 1 is 0.889 bits per heavy atom. The summed E-state index contributed by atoms with van der Waals surface area (Å²) < 4.78 is 115. The van der Waals surface area contributed by atoms with Gasteiger partial charge < -0.3 is 0 Å². The van der Waals surface area contributed by atoms with E-state index in [0.717, 1.165) is 18.2 Å². The summed E-state index contributed by atoms with van der Waals surface area (Å²) in [6, 6.07) is 3.36. The van der Waals surface area contributed by atoms with E-state index in [-0.39, 0.29) is 18.2 Å². The van der Waals surface area contributed by atoms with Crippen LogP contribution < -0.4 is 4.72 Å². The number of hydrogen-bond acceptors (Lipinski definition) is 3. The van der Waals surface area contributed by atoms with Crippen LogP contribution in [0.3, 0.4) is 0 Å². The molecule has 0 aliphatic rings. The average Bonchev–Trinajstić information content (AvgIpc) is 2.52. The fraction of sp³-hybridized carbons (Fsp3) is 0.133. The summed E-state index contributed by atoms with van der Waals surface area (Å²) >= 11 is 0. The number of alkyl halides is 6. The van der Waals surface area contributed by atoms with E-state index in [1.807, 2.05) is 0 Å². The number of rotatable bonds is 3. The quantitative estimate of drug-likeness (QED) is 0.772. The van der Waals surface area contributed by atoms with Crippen molar-refractivity contribution in [1.82, 2.24) is 4.72 Å². The first-order valence-electron chi connectivity index (χ1n) is 6.83. The van der Waals surface area contributed by atoms with Gasteiger partial charge in [-0.15, -0.1) is 0 Å². The highest BCUT2D eigenvalue weighted by Crippen LogP contribution is 2.37.